The number of halogens is 3. The quantitative estimate of drug-likeness (QED) is 0.868. The number of nitrogens with zero attached hydrogens (tertiary/aromatic N) is 1. The van der Waals surface area contributed by atoms with Crippen LogP contribution in [0.4, 0.5) is 4.39 Å². The molecule has 1 aliphatic carbocycles. The molecule has 0 radical (unpaired) electrons. The third kappa shape index (κ3) is 3.25. The summed E-state index contributed by atoms with van der Waals surface area (Å²) < 4.78 is 13.4. The molecule has 110 valence electrons. The lowest BCUT2D eigenvalue weighted by molar-refractivity contribution is 0.0693. The molecule has 1 aromatic rings. The first-order valence-corrected chi connectivity index (χ1v) is 7.24. The third-order valence-corrected chi connectivity index (χ3v) is 4.32. The van der Waals surface area contributed by atoms with Gasteiger partial charge in [0.2, 0.25) is 0 Å². The van der Waals surface area contributed by atoms with Crippen LogP contribution in [0.3, 0.4) is 0 Å². The molecule has 1 aliphatic rings. The maximum atomic E-state index is 13.4. The molecule has 0 unspecified atom stereocenters. The van der Waals surface area contributed by atoms with Crippen LogP contribution in [0.5, 0.6) is 0 Å². The molecule has 1 saturated carbocycles. The summed E-state index contributed by atoms with van der Waals surface area (Å²) >= 11 is 11.5. The standard InChI is InChI=1S/C14H16Cl2FNO2/c1-18(7-8-3-2-4-13(8)19)14(20)9-5-12(17)11(16)6-10(9)15/h5-6,8,13,19H,2-4,7H2,1H3/t8-,13+/m0/s1. The molecular formula is C14H16Cl2FNO2. The molecule has 0 aromatic heterocycles. The van der Waals surface area contributed by atoms with Gasteiger partial charge < -0.3 is 10.0 Å². The van der Waals surface area contributed by atoms with Gasteiger partial charge in [0.25, 0.3) is 5.91 Å². The van der Waals surface area contributed by atoms with Crippen LogP contribution in [-0.4, -0.2) is 35.6 Å². The minimum absolute atomic E-state index is 0.0693. The van der Waals surface area contributed by atoms with Gasteiger partial charge in [-0.15, -0.1) is 0 Å². The van der Waals surface area contributed by atoms with Crippen molar-refractivity contribution in [2.75, 3.05) is 13.6 Å². The maximum Gasteiger partial charge on any atom is 0.255 e. The Bertz CT molecular complexity index is 524. The van der Waals surface area contributed by atoms with Crippen molar-refractivity contribution in [1.29, 1.82) is 0 Å². The van der Waals surface area contributed by atoms with Gasteiger partial charge in [0, 0.05) is 19.5 Å². The van der Waals surface area contributed by atoms with Gasteiger partial charge in [-0.3, -0.25) is 4.79 Å². The molecular weight excluding hydrogens is 304 g/mol. The highest BCUT2D eigenvalue weighted by Crippen LogP contribution is 2.28. The number of aliphatic hydroxyl groups excluding tert-OH is 1. The Morgan fingerprint density at radius 3 is 2.70 bits per heavy atom. The Morgan fingerprint density at radius 1 is 1.40 bits per heavy atom. The zero-order valence-electron chi connectivity index (χ0n) is 11.1. The minimum atomic E-state index is -0.672. The van der Waals surface area contributed by atoms with Gasteiger partial charge in [-0.2, -0.15) is 0 Å². The summed E-state index contributed by atoms with van der Waals surface area (Å²) in [6.45, 7) is 0.431. The molecule has 0 aliphatic heterocycles. The number of rotatable bonds is 3. The molecule has 3 nitrogen and oxygen atoms in total. The number of hydrogen-bond acceptors (Lipinski definition) is 2. The Balaban J connectivity index is 2.12. The monoisotopic (exact) mass is 319 g/mol. The molecule has 0 bridgehead atoms. The highest BCUT2D eigenvalue weighted by Gasteiger charge is 2.28. The van der Waals surface area contributed by atoms with E-state index in [1.807, 2.05) is 0 Å². The van der Waals surface area contributed by atoms with Gasteiger partial charge in [-0.25, -0.2) is 4.39 Å². The number of carbonyl (C=O) groups excluding carboxylic acids is 1. The van der Waals surface area contributed by atoms with Crippen molar-refractivity contribution in [2.45, 2.75) is 25.4 Å². The predicted octanol–water partition coefficient (Wildman–Crippen LogP) is 3.37. The van der Waals surface area contributed by atoms with E-state index in [1.165, 1.54) is 11.0 Å². The molecule has 1 fully saturated rings. The Kier molecular flexibility index (Phi) is 4.89. The molecule has 0 spiro atoms. The zero-order chi connectivity index (χ0) is 14.9. The number of benzene rings is 1. The molecule has 1 amide bonds. The fraction of sp³-hybridized carbons (Fsp3) is 0.500. The summed E-state index contributed by atoms with van der Waals surface area (Å²) in [5.74, 6) is -0.974. The van der Waals surface area contributed by atoms with Gasteiger partial charge in [0.1, 0.15) is 5.82 Å². The van der Waals surface area contributed by atoms with Gasteiger partial charge in [-0.1, -0.05) is 29.6 Å². The van der Waals surface area contributed by atoms with Crippen LogP contribution in [0.15, 0.2) is 12.1 Å². The van der Waals surface area contributed by atoms with Crippen LogP contribution >= 0.6 is 23.2 Å². The molecule has 0 saturated heterocycles. The van der Waals surface area contributed by atoms with Crippen molar-refractivity contribution in [3.8, 4) is 0 Å². The van der Waals surface area contributed by atoms with E-state index in [2.05, 4.69) is 0 Å². The van der Waals surface area contributed by atoms with E-state index in [0.717, 1.165) is 25.3 Å². The summed E-state index contributed by atoms with van der Waals surface area (Å²) in [5, 5.41) is 9.80. The number of hydrogen-bond donors (Lipinski definition) is 1. The predicted molar refractivity (Wildman–Crippen MR) is 76.7 cm³/mol. The van der Waals surface area contributed by atoms with E-state index in [4.69, 9.17) is 23.2 Å². The topological polar surface area (TPSA) is 40.5 Å². The summed E-state index contributed by atoms with van der Waals surface area (Å²) in [4.78, 5) is 13.7. The number of carbonyl (C=O) groups is 1. The first-order valence-electron chi connectivity index (χ1n) is 6.48. The highest BCUT2D eigenvalue weighted by atomic mass is 35.5. The normalized spacial score (nSPS) is 22.1. The number of amides is 1. The van der Waals surface area contributed by atoms with Crippen LogP contribution < -0.4 is 0 Å². The van der Waals surface area contributed by atoms with Crippen molar-refractivity contribution in [3.63, 3.8) is 0 Å². The molecule has 2 atom stereocenters. The van der Waals surface area contributed by atoms with E-state index in [9.17, 15) is 14.3 Å². The Hall–Kier alpha value is -0.840. The van der Waals surface area contributed by atoms with Crippen molar-refractivity contribution in [2.24, 2.45) is 5.92 Å². The smallest absolute Gasteiger partial charge is 0.255 e. The van der Waals surface area contributed by atoms with Gasteiger partial charge >= 0.3 is 0 Å². The summed E-state index contributed by atoms with van der Waals surface area (Å²) in [6, 6.07) is 2.28. The van der Waals surface area contributed by atoms with E-state index < -0.39 is 5.82 Å². The molecule has 6 heteroatoms. The lowest BCUT2D eigenvalue weighted by Gasteiger charge is -2.23. The number of aliphatic hydroxyl groups is 1. The first-order chi connectivity index (χ1) is 9.40. The van der Waals surface area contributed by atoms with Crippen LogP contribution in [0, 0.1) is 11.7 Å². The highest BCUT2D eigenvalue weighted by molar-refractivity contribution is 6.36. The average Bonchev–Trinajstić information content (AvgIpc) is 2.78. The van der Waals surface area contributed by atoms with E-state index in [0.29, 0.717) is 6.54 Å². The Labute approximate surface area is 127 Å². The maximum absolute atomic E-state index is 13.4. The van der Waals surface area contributed by atoms with Crippen LogP contribution in [0.2, 0.25) is 10.0 Å². The van der Waals surface area contributed by atoms with E-state index in [-0.39, 0.29) is 33.5 Å². The second kappa shape index (κ2) is 6.29. The van der Waals surface area contributed by atoms with Crippen molar-refractivity contribution in [3.05, 3.63) is 33.6 Å². The average molecular weight is 320 g/mol. The lowest BCUT2D eigenvalue weighted by atomic mass is 10.1. The first kappa shape index (κ1) is 15.5. The van der Waals surface area contributed by atoms with Gasteiger partial charge in [0.15, 0.2) is 0 Å². The third-order valence-electron chi connectivity index (χ3n) is 3.71. The van der Waals surface area contributed by atoms with Crippen molar-refractivity contribution < 1.29 is 14.3 Å². The SMILES string of the molecule is CN(C[C@@H]1CCC[C@H]1O)C(=O)c1cc(F)c(Cl)cc1Cl. The second-order valence-electron chi connectivity index (χ2n) is 5.19. The molecule has 20 heavy (non-hydrogen) atoms. The molecule has 2 rings (SSSR count). The van der Waals surface area contributed by atoms with Crippen molar-refractivity contribution in [1.82, 2.24) is 4.90 Å². The van der Waals surface area contributed by atoms with Crippen LogP contribution in [-0.2, 0) is 0 Å². The fourth-order valence-electron chi connectivity index (χ4n) is 2.56. The summed E-state index contributed by atoms with van der Waals surface area (Å²) in [5.41, 5.74) is 0.0866. The van der Waals surface area contributed by atoms with E-state index >= 15 is 0 Å². The second-order valence-corrected chi connectivity index (χ2v) is 6.00. The van der Waals surface area contributed by atoms with Gasteiger partial charge in [0.05, 0.1) is 21.7 Å². The fourth-order valence-corrected chi connectivity index (χ4v) is 3.02. The molecule has 1 N–H and O–H groups in total. The Morgan fingerprint density at radius 2 is 2.10 bits per heavy atom. The lowest BCUT2D eigenvalue weighted by Crippen LogP contribution is -2.34. The van der Waals surface area contributed by atoms with Crippen LogP contribution in [0.1, 0.15) is 29.6 Å². The largest absolute Gasteiger partial charge is 0.393 e. The van der Waals surface area contributed by atoms with E-state index in [1.54, 1.807) is 7.05 Å². The molecule has 1 aromatic carbocycles. The van der Waals surface area contributed by atoms with Crippen molar-refractivity contribution >= 4 is 29.1 Å². The minimum Gasteiger partial charge on any atom is -0.393 e. The summed E-state index contributed by atoms with van der Waals surface area (Å²) in [7, 11) is 1.62. The van der Waals surface area contributed by atoms with Gasteiger partial charge in [-0.05, 0) is 25.0 Å². The van der Waals surface area contributed by atoms with Crippen LogP contribution in [0.25, 0.3) is 0 Å². The zero-order valence-corrected chi connectivity index (χ0v) is 12.6. The summed E-state index contributed by atoms with van der Waals surface area (Å²) in [6.07, 6.45) is 2.25. The molecule has 0 heterocycles.